The number of ether oxygens (including phenoxy) is 1. The second kappa shape index (κ2) is 9.91. The monoisotopic (exact) mass is 474 g/mol. The van der Waals surface area contributed by atoms with Gasteiger partial charge in [0.1, 0.15) is 5.82 Å². The molecule has 0 radical (unpaired) electrons. The summed E-state index contributed by atoms with van der Waals surface area (Å²) in [7, 11) is 0. The van der Waals surface area contributed by atoms with E-state index in [1.807, 2.05) is 17.0 Å². The third kappa shape index (κ3) is 5.19. The molecular weight excluding hydrogens is 447 g/mol. The number of piperidine rings is 1. The molecule has 2 aliphatic heterocycles. The first-order valence-electron chi connectivity index (χ1n) is 8.76. The number of rotatable bonds is 4. The van der Waals surface area contributed by atoms with Crippen LogP contribution in [0, 0.1) is 5.92 Å². The Labute approximate surface area is 171 Å². The minimum Gasteiger partial charge on any atom is -0.378 e. The van der Waals surface area contributed by atoms with Crippen LogP contribution in [0.4, 0.5) is 5.82 Å². The molecule has 9 heteroatoms. The third-order valence-electron chi connectivity index (χ3n) is 4.81. The summed E-state index contributed by atoms with van der Waals surface area (Å²) in [6.07, 6.45) is 3.32. The van der Waals surface area contributed by atoms with Crippen LogP contribution in [0.2, 0.25) is 0 Å². The number of nitrogens with two attached hydrogens (primary N) is 2. The largest absolute Gasteiger partial charge is 0.378 e. The summed E-state index contributed by atoms with van der Waals surface area (Å²) in [5.74, 6) is 1.23. The molecule has 1 aromatic heterocycles. The van der Waals surface area contributed by atoms with Gasteiger partial charge >= 0.3 is 0 Å². The van der Waals surface area contributed by atoms with Gasteiger partial charge in [-0.25, -0.2) is 9.98 Å². The van der Waals surface area contributed by atoms with Crippen molar-refractivity contribution in [1.29, 1.82) is 0 Å². The first-order chi connectivity index (χ1) is 12.1. The number of aliphatic imine (C=N–C) groups is 1. The Balaban J connectivity index is 0.00000243. The van der Waals surface area contributed by atoms with Crippen LogP contribution in [-0.4, -0.2) is 61.1 Å². The van der Waals surface area contributed by atoms with E-state index in [1.165, 1.54) is 0 Å². The molecule has 4 N–H and O–H groups in total. The molecule has 144 valence electrons. The van der Waals surface area contributed by atoms with Gasteiger partial charge in [-0.2, -0.15) is 0 Å². The summed E-state index contributed by atoms with van der Waals surface area (Å²) in [6, 6.07) is 3.94. The zero-order chi connectivity index (χ0) is 17.6. The molecule has 26 heavy (non-hydrogen) atoms. The second-order valence-corrected chi connectivity index (χ2v) is 6.42. The first-order valence-corrected chi connectivity index (χ1v) is 8.76. The normalized spacial score (nSPS) is 19.2. The van der Waals surface area contributed by atoms with Crippen molar-refractivity contribution in [2.75, 3.05) is 44.3 Å². The lowest BCUT2D eigenvalue weighted by Crippen LogP contribution is -2.44. The van der Waals surface area contributed by atoms with Crippen molar-refractivity contribution in [2.45, 2.75) is 19.4 Å². The fourth-order valence-corrected chi connectivity index (χ4v) is 3.27. The van der Waals surface area contributed by atoms with Crippen molar-refractivity contribution in [3.8, 4) is 0 Å². The standard InChI is InChI=1S/C17H26N6O2.HI/c18-15(24)13-3-6-22(7-4-13)16-14(2-1-5-20-16)12-21-17(19)23-8-10-25-11-9-23;/h1-2,5,13H,3-4,6-12H2,(H2,18,24)(H2,19,21);1H. The molecule has 1 amide bonds. The Kier molecular flexibility index (Phi) is 7.88. The summed E-state index contributed by atoms with van der Waals surface area (Å²) in [4.78, 5) is 24.6. The van der Waals surface area contributed by atoms with Gasteiger partial charge in [0.2, 0.25) is 5.91 Å². The molecule has 0 spiro atoms. The lowest BCUT2D eigenvalue weighted by atomic mass is 9.96. The van der Waals surface area contributed by atoms with Crippen molar-refractivity contribution >= 4 is 41.7 Å². The molecule has 3 rings (SSSR count). The van der Waals surface area contributed by atoms with Crippen LogP contribution in [0.3, 0.4) is 0 Å². The zero-order valence-corrected chi connectivity index (χ0v) is 17.2. The minimum atomic E-state index is -0.205. The fraction of sp³-hybridized carbons (Fsp3) is 0.588. The van der Waals surface area contributed by atoms with E-state index in [2.05, 4.69) is 14.9 Å². The second-order valence-electron chi connectivity index (χ2n) is 6.42. The van der Waals surface area contributed by atoms with Crippen LogP contribution in [0.25, 0.3) is 0 Å². The molecule has 8 nitrogen and oxygen atoms in total. The number of primary amides is 1. The topological polar surface area (TPSA) is 110 Å². The summed E-state index contributed by atoms with van der Waals surface area (Å²) in [5.41, 5.74) is 12.6. The first kappa shape index (κ1) is 20.7. The minimum absolute atomic E-state index is 0. The van der Waals surface area contributed by atoms with Gasteiger partial charge in [-0.15, -0.1) is 24.0 Å². The maximum atomic E-state index is 11.3. The molecule has 2 aliphatic rings. The highest BCUT2D eigenvalue weighted by molar-refractivity contribution is 14.0. The summed E-state index contributed by atoms with van der Waals surface area (Å²) in [5, 5.41) is 0. The quantitative estimate of drug-likeness (QED) is 0.375. The number of pyridine rings is 1. The Hall–Kier alpha value is -1.62. The van der Waals surface area contributed by atoms with Crippen molar-refractivity contribution in [3.05, 3.63) is 23.9 Å². The van der Waals surface area contributed by atoms with Crippen molar-refractivity contribution in [3.63, 3.8) is 0 Å². The molecule has 2 saturated heterocycles. The lowest BCUT2D eigenvalue weighted by molar-refractivity contribution is -0.122. The molecule has 0 bridgehead atoms. The molecule has 1 aromatic rings. The van der Waals surface area contributed by atoms with Crippen LogP contribution >= 0.6 is 24.0 Å². The van der Waals surface area contributed by atoms with E-state index in [1.54, 1.807) is 6.20 Å². The lowest BCUT2D eigenvalue weighted by Gasteiger charge is -2.32. The number of carbonyl (C=O) groups is 1. The molecule has 3 heterocycles. The molecule has 0 atom stereocenters. The van der Waals surface area contributed by atoms with E-state index >= 15 is 0 Å². The zero-order valence-electron chi connectivity index (χ0n) is 14.8. The van der Waals surface area contributed by atoms with E-state index in [0.717, 1.165) is 50.4 Å². The maximum absolute atomic E-state index is 11.3. The molecule has 0 aliphatic carbocycles. The summed E-state index contributed by atoms with van der Waals surface area (Å²) in [6.45, 7) is 4.96. The molecular formula is C17H27IN6O2. The Bertz CT molecular complexity index is 627. The molecule has 0 unspecified atom stereocenters. The van der Waals surface area contributed by atoms with E-state index in [9.17, 15) is 4.79 Å². The van der Waals surface area contributed by atoms with Gasteiger partial charge in [0, 0.05) is 43.9 Å². The van der Waals surface area contributed by atoms with E-state index < -0.39 is 0 Å². The highest BCUT2D eigenvalue weighted by Crippen LogP contribution is 2.24. The number of halogens is 1. The predicted octanol–water partition coefficient (Wildman–Crippen LogP) is 0.548. The van der Waals surface area contributed by atoms with Gasteiger partial charge in [-0.3, -0.25) is 4.79 Å². The number of carbonyl (C=O) groups excluding carboxylic acids is 1. The Morgan fingerprint density at radius 1 is 1.23 bits per heavy atom. The average molecular weight is 474 g/mol. The molecule has 2 fully saturated rings. The highest BCUT2D eigenvalue weighted by atomic mass is 127. The van der Waals surface area contributed by atoms with Gasteiger partial charge in [0.25, 0.3) is 0 Å². The number of aromatic nitrogens is 1. The highest BCUT2D eigenvalue weighted by Gasteiger charge is 2.25. The van der Waals surface area contributed by atoms with Crippen LogP contribution in [0.15, 0.2) is 23.3 Å². The van der Waals surface area contributed by atoms with Gasteiger partial charge in [0.15, 0.2) is 5.96 Å². The van der Waals surface area contributed by atoms with Gasteiger partial charge < -0.3 is 26.0 Å². The number of nitrogens with zero attached hydrogens (tertiary/aromatic N) is 4. The van der Waals surface area contributed by atoms with Crippen LogP contribution in [0.1, 0.15) is 18.4 Å². The Morgan fingerprint density at radius 2 is 1.92 bits per heavy atom. The van der Waals surface area contributed by atoms with Crippen molar-refractivity contribution < 1.29 is 9.53 Å². The SMILES string of the molecule is I.NC(=O)C1CCN(c2ncccc2CN=C(N)N2CCOCC2)CC1. The van der Waals surface area contributed by atoms with E-state index in [4.69, 9.17) is 16.2 Å². The number of anilines is 1. The number of morpholine rings is 1. The van der Waals surface area contributed by atoms with E-state index in [-0.39, 0.29) is 35.8 Å². The smallest absolute Gasteiger partial charge is 0.220 e. The van der Waals surface area contributed by atoms with E-state index in [0.29, 0.717) is 25.7 Å². The summed E-state index contributed by atoms with van der Waals surface area (Å²) >= 11 is 0. The third-order valence-corrected chi connectivity index (χ3v) is 4.81. The average Bonchev–Trinajstić information content (AvgIpc) is 2.67. The predicted molar refractivity (Wildman–Crippen MR) is 112 cm³/mol. The van der Waals surface area contributed by atoms with Crippen molar-refractivity contribution in [1.82, 2.24) is 9.88 Å². The van der Waals surface area contributed by atoms with Crippen LogP contribution in [0.5, 0.6) is 0 Å². The number of hydrogen-bond acceptors (Lipinski definition) is 5. The molecule has 0 aromatic carbocycles. The Morgan fingerprint density at radius 3 is 2.58 bits per heavy atom. The van der Waals surface area contributed by atoms with Crippen molar-refractivity contribution in [2.24, 2.45) is 22.4 Å². The number of guanidine groups is 1. The van der Waals surface area contributed by atoms with Gasteiger partial charge in [0.05, 0.1) is 19.8 Å². The number of hydrogen-bond donors (Lipinski definition) is 2. The number of amides is 1. The maximum Gasteiger partial charge on any atom is 0.220 e. The van der Waals surface area contributed by atoms with Crippen LogP contribution in [-0.2, 0) is 16.1 Å². The van der Waals surface area contributed by atoms with Gasteiger partial charge in [-0.1, -0.05) is 6.07 Å². The summed E-state index contributed by atoms with van der Waals surface area (Å²) < 4.78 is 5.33. The van der Waals surface area contributed by atoms with Gasteiger partial charge in [-0.05, 0) is 18.9 Å². The fourth-order valence-electron chi connectivity index (χ4n) is 3.27. The molecule has 0 saturated carbocycles. The van der Waals surface area contributed by atoms with Crippen LogP contribution < -0.4 is 16.4 Å².